The van der Waals surface area contributed by atoms with Crippen molar-refractivity contribution in [2.75, 3.05) is 38.0 Å². The summed E-state index contributed by atoms with van der Waals surface area (Å²) in [4.78, 5) is 45.0. The molecule has 3 heterocycles. The number of anilines is 1. The lowest BCUT2D eigenvalue weighted by atomic mass is 9.97. The first kappa shape index (κ1) is 24.8. The maximum absolute atomic E-state index is 13.6. The number of aromatic nitrogens is 2. The predicted octanol–water partition coefficient (Wildman–Crippen LogP) is 3.29. The van der Waals surface area contributed by atoms with Gasteiger partial charge in [0.1, 0.15) is 5.82 Å². The quantitative estimate of drug-likeness (QED) is 0.518. The summed E-state index contributed by atoms with van der Waals surface area (Å²) in [7, 11) is 0. The number of nitrogens with zero attached hydrogens (tertiary/aromatic N) is 5. The summed E-state index contributed by atoms with van der Waals surface area (Å²) in [6.45, 7) is 4.49. The van der Waals surface area contributed by atoms with Crippen LogP contribution in [0.4, 0.5) is 15.3 Å². The van der Waals surface area contributed by atoms with Gasteiger partial charge in [0.15, 0.2) is 0 Å². The van der Waals surface area contributed by atoms with Crippen LogP contribution >= 0.6 is 11.6 Å². The lowest BCUT2D eigenvalue weighted by Crippen LogP contribution is -2.56. The number of halogens is 1. The van der Waals surface area contributed by atoms with E-state index in [1.807, 2.05) is 42.3 Å². The first-order valence-electron chi connectivity index (χ1n) is 12.1. The Hall–Kier alpha value is -3.89. The largest absolute Gasteiger partial charge is 0.344 e. The number of carbonyl (C=O) groups is 3. The lowest BCUT2D eigenvalue weighted by Gasteiger charge is -2.40. The Morgan fingerprint density at radius 3 is 2.41 bits per heavy atom. The molecule has 0 bridgehead atoms. The molecule has 37 heavy (non-hydrogen) atoms. The van der Waals surface area contributed by atoms with E-state index in [0.29, 0.717) is 49.3 Å². The average molecular weight is 522 g/mol. The summed E-state index contributed by atoms with van der Waals surface area (Å²) >= 11 is 5.91. The van der Waals surface area contributed by atoms with Crippen LogP contribution in [0.3, 0.4) is 0 Å². The standard InChI is InChI=1S/C26H28ClN7O3/c1-18-28-15-22-17-33(26(37)34(18)22)32-13-11-31(12-14-32)24(35)23(19-5-3-2-4-6-19)16-29-25(36)30-21-9-7-20(27)8-10-21/h2-10,15,23H,11-14,16-17H2,1H3,(H2,29,30,36). The molecule has 3 aromatic rings. The van der Waals surface area contributed by atoms with Gasteiger partial charge in [0, 0.05) is 43.4 Å². The van der Waals surface area contributed by atoms with Crippen LogP contribution in [-0.2, 0) is 11.3 Å². The number of imidazole rings is 1. The molecule has 192 valence electrons. The van der Waals surface area contributed by atoms with Crippen molar-refractivity contribution in [2.24, 2.45) is 0 Å². The van der Waals surface area contributed by atoms with Crippen LogP contribution in [0.2, 0.25) is 5.02 Å². The number of piperazine rings is 1. The highest BCUT2D eigenvalue weighted by Crippen LogP contribution is 2.23. The third-order valence-corrected chi connectivity index (χ3v) is 6.97. The molecule has 5 rings (SSSR count). The molecule has 1 atom stereocenters. The number of urea groups is 1. The molecule has 2 aromatic carbocycles. The van der Waals surface area contributed by atoms with Gasteiger partial charge in [0.25, 0.3) is 0 Å². The van der Waals surface area contributed by atoms with Gasteiger partial charge >= 0.3 is 12.1 Å². The summed E-state index contributed by atoms with van der Waals surface area (Å²) in [6, 6.07) is 15.7. The summed E-state index contributed by atoms with van der Waals surface area (Å²) in [5, 5.41) is 9.89. The summed E-state index contributed by atoms with van der Waals surface area (Å²) in [5.74, 6) is 0.0814. The van der Waals surface area contributed by atoms with Crippen molar-refractivity contribution in [1.82, 2.24) is 29.8 Å². The number of nitrogens with one attached hydrogen (secondary N) is 2. The Balaban J connectivity index is 1.20. The van der Waals surface area contributed by atoms with Crippen LogP contribution in [0.5, 0.6) is 0 Å². The van der Waals surface area contributed by atoms with E-state index in [2.05, 4.69) is 15.6 Å². The maximum Gasteiger partial charge on any atom is 0.344 e. The summed E-state index contributed by atoms with van der Waals surface area (Å²) in [5.41, 5.74) is 2.31. The third-order valence-electron chi connectivity index (χ3n) is 6.71. The number of hydrazine groups is 1. The highest BCUT2D eigenvalue weighted by atomic mass is 35.5. The van der Waals surface area contributed by atoms with Crippen molar-refractivity contribution in [3.05, 3.63) is 82.9 Å². The second-order valence-electron chi connectivity index (χ2n) is 9.06. The molecule has 4 amide bonds. The fourth-order valence-electron chi connectivity index (χ4n) is 4.74. The molecule has 1 aromatic heterocycles. The molecule has 2 N–H and O–H groups in total. The Morgan fingerprint density at radius 1 is 1.03 bits per heavy atom. The first-order valence-corrected chi connectivity index (χ1v) is 12.5. The minimum absolute atomic E-state index is 0.0586. The molecule has 1 fully saturated rings. The predicted molar refractivity (Wildman–Crippen MR) is 139 cm³/mol. The second kappa shape index (κ2) is 10.6. The van der Waals surface area contributed by atoms with Crippen molar-refractivity contribution in [3.8, 4) is 0 Å². The minimum Gasteiger partial charge on any atom is -0.339 e. The highest BCUT2D eigenvalue weighted by Gasteiger charge is 2.36. The highest BCUT2D eigenvalue weighted by molar-refractivity contribution is 6.30. The van der Waals surface area contributed by atoms with E-state index in [1.54, 1.807) is 44.9 Å². The monoisotopic (exact) mass is 521 g/mol. The normalized spacial score (nSPS) is 16.4. The molecule has 1 unspecified atom stereocenters. The van der Waals surface area contributed by atoms with Crippen molar-refractivity contribution >= 4 is 35.3 Å². The van der Waals surface area contributed by atoms with E-state index in [-0.39, 0.29) is 18.5 Å². The van der Waals surface area contributed by atoms with Crippen molar-refractivity contribution in [1.29, 1.82) is 0 Å². The second-order valence-corrected chi connectivity index (χ2v) is 9.49. The SMILES string of the molecule is Cc1ncc2n1C(=O)N(N1CCN(C(=O)C(CNC(=O)Nc3ccc(Cl)cc3)c3ccccc3)CC1)C2. The van der Waals surface area contributed by atoms with Gasteiger partial charge < -0.3 is 15.5 Å². The molecule has 2 aliphatic rings. The van der Waals surface area contributed by atoms with Crippen LogP contribution in [0, 0.1) is 6.92 Å². The van der Waals surface area contributed by atoms with Gasteiger partial charge in [0.2, 0.25) is 5.91 Å². The topological polar surface area (TPSA) is 103 Å². The zero-order valence-corrected chi connectivity index (χ0v) is 21.2. The van der Waals surface area contributed by atoms with Gasteiger partial charge in [-0.05, 0) is 36.8 Å². The van der Waals surface area contributed by atoms with Crippen LogP contribution in [0.1, 0.15) is 23.0 Å². The molecule has 0 saturated carbocycles. The van der Waals surface area contributed by atoms with Crippen LogP contribution in [0.25, 0.3) is 0 Å². The molecular formula is C26H28ClN7O3. The molecule has 1 saturated heterocycles. The number of hydrogen-bond donors (Lipinski definition) is 2. The van der Waals surface area contributed by atoms with Crippen molar-refractivity contribution < 1.29 is 14.4 Å². The van der Waals surface area contributed by atoms with Gasteiger partial charge in [0.05, 0.1) is 24.4 Å². The van der Waals surface area contributed by atoms with E-state index < -0.39 is 11.9 Å². The zero-order valence-electron chi connectivity index (χ0n) is 20.4. The van der Waals surface area contributed by atoms with Gasteiger partial charge in [-0.3, -0.25) is 9.80 Å². The fraction of sp³-hybridized carbons (Fsp3) is 0.308. The lowest BCUT2D eigenvalue weighted by molar-refractivity contribution is -0.136. The third kappa shape index (κ3) is 5.30. The Kier molecular flexibility index (Phi) is 7.11. The number of carbonyl (C=O) groups excluding carboxylic acids is 3. The van der Waals surface area contributed by atoms with Crippen LogP contribution in [0.15, 0.2) is 60.8 Å². The van der Waals surface area contributed by atoms with Crippen LogP contribution < -0.4 is 10.6 Å². The molecular weight excluding hydrogens is 494 g/mol. The van der Waals surface area contributed by atoms with Gasteiger partial charge in [-0.1, -0.05) is 41.9 Å². The van der Waals surface area contributed by atoms with Gasteiger partial charge in [-0.15, -0.1) is 0 Å². The first-order chi connectivity index (χ1) is 17.9. The summed E-state index contributed by atoms with van der Waals surface area (Å²) in [6.07, 6.45) is 1.73. The van der Waals surface area contributed by atoms with Gasteiger partial charge in [-0.25, -0.2) is 24.1 Å². The Bertz CT molecular complexity index is 1290. The van der Waals surface area contributed by atoms with E-state index in [9.17, 15) is 14.4 Å². The minimum atomic E-state index is -0.536. The van der Waals surface area contributed by atoms with E-state index in [0.717, 1.165) is 11.3 Å². The number of rotatable bonds is 6. The smallest absolute Gasteiger partial charge is 0.339 e. The molecule has 2 aliphatic heterocycles. The number of benzene rings is 2. The molecule has 0 spiro atoms. The Labute approximate surface area is 219 Å². The van der Waals surface area contributed by atoms with E-state index in [1.165, 1.54) is 0 Å². The van der Waals surface area contributed by atoms with Crippen molar-refractivity contribution in [3.63, 3.8) is 0 Å². The summed E-state index contributed by atoms with van der Waals surface area (Å²) < 4.78 is 1.63. The number of hydrogen-bond acceptors (Lipinski definition) is 5. The molecule has 11 heteroatoms. The number of aryl methyl sites for hydroxylation is 1. The fourth-order valence-corrected chi connectivity index (χ4v) is 4.86. The van der Waals surface area contributed by atoms with Crippen LogP contribution in [-0.4, -0.2) is 75.2 Å². The van der Waals surface area contributed by atoms with E-state index >= 15 is 0 Å². The number of fused-ring (bicyclic) bond motifs is 1. The molecule has 0 radical (unpaired) electrons. The molecule has 10 nitrogen and oxygen atoms in total. The average Bonchev–Trinajstić information content (AvgIpc) is 3.45. The zero-order chi connectivity index (χ0) is 25.9. The Morgan fingerprint density at radius 2 is 1.73 bits per heavy atom. The van der Waals surface area contributed by atoms with E-state index in [4.69, 9.17) is 11.6 Å². The maximum atomic E-state index is 13.6. The van der Waals surface area contributed by atoms with Gasteiger partial charge in [-0.2, -0.15) is 0 Å². The molecule has 0 aliphatic carbocycles. The number of amides is 4. The van der Waals surface area contributed by atoms with Crippen molar-refractivity contribution in [2.45, 2.75) is 19.4 Å².